The molecule has 0 spiro atoms. The summed E-state index contributed by atoms with van der Waals surface area (Å²) in [5, 5.41) is 8.81. The second kappa shape index (κ2) is 5.33. The highest BCUT2D eigenvalue weighted by molar-refractivity contribution is 5.70. The molecule has 9 heteroatoms. The number of aromatic nitrogens is 4. The van der Waals surface area contributed by atoms with Gasteiger partial charge in [0.15, 0.2) is 11.2 Å². The Morgan fingerprint density at radius 2 is 2.37 bits per heavy atom. The first kappa shape index (κ1) is 13.4. The quantitative estimate of drug-likeness (QED) is 0.722. The predicted octanol–water partition coefficient (Wildman–Crippen LogP) is -0.983. The summed E-state index contributed by atoms with van der Waals surface area (Å²) in [6.07, 6.45) is 0.437. The summed E-state index contributed by atoms with van der Waals surface area (Å²) >= 11 is 0. The number of nitrogens with zero attached hydrogens (tertiary/aromatic N) is 4. The highest BCUT2D eigenvalue weighted by Gasteiger charge is 2.13. The number of imidazole rings is 1. The second-order valence-corrected chi connectivity index (χ2v) is 3.98. The first-order chi connectivity index (χ1) is 9.08. The lowest BCUT2D eigenvalue weighted by molar-refractivity contribution is -0.0336. The third-order valence-electron chi connectivity index (χ3n) is 2.71. The molecule has 0 aliphatic carbocycles. The number of aliphatic hydroxyl groups is 1. The number of alkyl halides is 1. The van der Waals surface area contributed by atoms with Gasteiger partial charge in [-0.15, -0.1) is 0 Å². The fourth-order valence-corrected chi connectivity index (χ4v) is 1.52. The summed E-state index contributed by atoms with van der Waals surface area (Å²) < 4.78 is 20.1. The molecule has 0 aliphatic heterocycles. The van der Waals surface area contributed by atoms with E-state index < -0.39 is 19.4 Å². The van der Waals surface area contributed by atoms with E-state index in [2.05, 4.69) is 9.97 Å². The fourth-order valence-electron chi connectivity index (χ4n) is 1.52. The molecule has 0 amide bonds. The average Bonchev–Trinajstić information content (AvgIpc) is 2.80. The molecule has 8 nitrogen and oxygen atoms in total. The van der Waals surface area contributed by atoms with Crippen molar-refractivity contribution in [2.75, 3.05) is 19.0 Å². The second-order valence-electron chi connectivity index (χ2n) is 3.98. The van der Waals surface area contributed by atoms with Crippen molar-refractivity contribution < 1.29 is 14.2 Å². The molecule has 19 heavy (non-hydrogen) atoms. The van der Waals surface area contributed by atoms with Crippen molar-refractivity contribution in [3.8, 4) is 0 Å². The first-order valence-corrected chi connectivity index (χ1v) is 5.54. The molecule has 1 atom stereocenters. The van der Waals surface area contributed by atoms with Crippen LogP contribution in [0.25, 0.3) is 11.2 Å². The third kappa shape index (κ3) is 2.42. The van der Waals surface area contributed by atoms with Crippen molar-refractivity contribution in [2.24, 2.45) is 7.05 Å². The zero-order valence-corrected chi connectivity index (χ0v) is 10.3. The lowest BCUT2D eigenvalue weighted by Crippen LogP contribution is -2.23. The standard InChI is InChI=1S/C10H14FN5O3/c1-15-9(18)7-8(14-10(15)12)16(4-13-7)5-19-6(2-11)3-17/h4,6,17H,2-3,5H2,1H3,(H2,12,14)/i11-1. The normalized spacial score (nSPS) is 13.0. The Morgan fingerprint density at radius 3 is 3.00 bits per heavy atom. The molecular weight excluding hydrogens is 256 g/mol. The van der Waals surface area contributed by atoms with E-state index in [9.17, 15) is 9.18 Å². The largest absolute Gasteiger partial charge is 0.394 e. The van der Waals surface area contributed by atoms with E-state index in [-0.39, 0.29) is 29.4 Å². The number of aliphatic hydroxyl groups excluding tert-OH is 1. The summed E-state index contributed by atoms with van der Waals surface area (Å²) in [4.78, 5) is 19.8. The van der Waals surface area contributed by atoms with Crippen LogP contribution in [-0.2, 0) is 18.5 Å². The highest BCUT2D eigenvalue weighted by atomic mass is 18.2. The SMILES string of the molecule is Cn1c(N)nc2c(ncn2COC(CO)C[18F])c1=O. The predicted molar refractivity (Wildman–Crippen MR) is 65.1 cm³/mol. The molecule has 0 saturated carbocycles. The van der Waals surface area contributed by atoms with Gasteiger partial charge in [-0.3, -0.25) is 13.9 Å². The Balaban J connectivity index is 2.33. The minimum Gasteiger partial charge on any atom is -0.394 e. The van der Waals surface area contributed by atoms with E-state index in [0.717, 1.165) is 0 Å². The molecule has 0 aliphatic rings. The number of nitrogen functional groups attached to an aromatic ring is 1. The monoisotopic (exact) mass is 270 g/mol. The first-order valence-electron chi connectivity index (χ1n) is 5.54. The van der Waals surface area contributed by atoms with Gasteiger partial charge in [0.25, 0.3) is 5.56 Å². The fraction of sp³-hybridized carbons (Fsp3) is 0.500. The van der Waals surface area contributed by atoms with E-state index in [4.69, 9.17) is 15.6 Å². The van der Waals surface area contributed by atoms with Crippen molar-refractivity contribution in [3.63, 3.8) is 0 Å². The Morgan fingerprint density at radius 1 is 1.63 bits per heavy atom. The third-order valence-corrected chi connectivity index (χ3v) is 2.71. The molecule has 3 N–H and O–H groups in total. The number of nitrogens with two attached hydrogens (primary N) is 1. The van der Waals surface area contributed by atoms with Crippen LogP contribution in [0.2, 0.25) is 0 Å². The van der Waals surface area contributed by atoms with Crippen LogP contribution < -0.4 is 11.3 Å². The van der Waals surface area contributed by atoms with Gasteiger partial charge in [-0.05, 0) is 0 Å². The number of fused-ring (bicyclic) bond motifs is 1. The molecule has 0 aromatic carbocycles. The molecule has 2 aromatic rings. The zero-order chi connectivity index (χ0) is 14.0. The minimum atomic E-state index is -0.915. The molecule has 2 heterocycles. The van der Waals surface area contributed by atoms with Crippen LogP contribution in [0.15, 0.2) is 11.1 Å². The molecular formula is C10H14FN5O3. The molecule has 0 fully saturated rings. The van der Waals surface area contributed by atoms with Crippen molar-refractivity contribution in [1.29, 1.82) is 0 Å². The number of rotatable bonds is 5. The van der Waals surface area contributed by atoms with E-state index in [0.29, 0.717) is 0 Å². The van der Waals surface area contributed by atoms with E-state index in [1.54, 1.807) is 0 Å². The van der Waals surface area contributed by atoms with Gasteiger partial charge >= 0.3 is 0 Å². The van der Waals surface area contributed by atoms with Gasteiger partial charge in [0.1, 0.15) is 19.5 Å². The van der Waals surface area contributed by atoms with Crippen LogP contribution >= 0.6 is 0 Å². The Bertz CT molecular complexity index is 634. The van der Waals surface area contributed by atoms with Crippen LogP contribution in [0.5, 0.6) is 0 Å². The summed E-state index contributed by atoms with van der Waals surface area (Å²) in [5.74, 6) is 0.0449. The van der Waals surface area contributed by atoms with Crippen LogP contribution in [0.3, 0.4) is 0 Å². The van der Waals surface area contributed by atoms with Gasteiger partial charge in [0, 0.05) is 7.05 Å². The van der Waals surface area contributed by atoms with E-state index in [1.807, 2.05) is 0 Å². The molecule has 2 rings (SSSR count). The number of hydrogen-bond donors (Lipinski definition) is 2. The molecule has 0 bridgehead atoms. The summed E-state index contributed by atoms with van der Waals surface area (Å²) in [7, 11) is 1.49. The van der Waals surface area contributed by atoms with E-state index >= 15 is 0 Å². The van der Waals surface area contributed by atoms with Crippen LogP contribution in [0.4, 0.5) is 10.3 Å². The van der Waals surface area contributed by atoms with Crippen LogP contribution in [-0.4, -0.2) is 43.6 Å². The van der Waals surface area contributed by atoms with Gasteiger partial charge in [0.2, 0.25) is 5.95 Å². The maximum absolute atomic E-state index is 12.4. The van der Waals surface area contributed by atoms with Gasteiger partial charge in [-0.2, -0.15) is 4.98 Å². The van der Waals surface area contributed by atoms with Gasteiger partial charge in [-0.1, -0.05) is 0 Å². The van der Waals surface area contributed by atoms with Gasteiger partial charge in [-0.25, -0.2) is 9.37 Å². The van der Waals surface area contributed by atoms with Crippen molar-refractivity contribution >= 4 is 17.1 Å². The molecule has 2 aromatic heterocycles. The molecule has 1 unspecified atom stereocenters. The molecule has 0 radical (unpaired) electrons. The van der Waals surface area contributed by atoms with Gasteiger partial charge < -0.3 is 15.6 Å². The highest BCUT2D eigenvalue weighted by Crippen LogP contribution is 2.08. The smallest absolute Gasteiger partial charge is 0.282 e. The Hall–Kier alpha value is -2.00. The number of ether oxygens (including phenoxy) is 1. The maximum Gasteiger partial charge on any atom is 0.282 e. The molecule has 104 valence electrons. The number of hydrogen-bond acceptors (Lipinski definition) is 6. The van der Waals surface area contributed by atoms with Gasteiger partial charge in [0.05, 0.1) is 12.9 Å². The minimum absolute atomic E-state index is 0.0449. The summed E-state index contributed by atoms with van der Waals surface area (Å²) in [6, 6.07) is 0. The maximum atomic E-state index is 12.4. The summed E-state index contributed by atoms with van der Waals surface area (Å²) in [6.45, 7) is -1.31. The zero-order valence-electron chi connectivity index (χ0n) is 10.3. The lowest BCUT2D eigenvalue weighted by atomic mass is 10.4. The van der Waals surface area contributed by atoms with E-state index in [1.165, 1.54) is 22.5 Å². The topological polar surface area (TPSA) is 108 Å². The number of anilines is 1. The van der Waals surface area contributed by atoms with Crippen molar-refractivity contribution in [1.82, 2.24) is 19.1 Å². The van der Waals surface area contributed by atoms with Crippen LogP contribution in [0, 0.1) is 0 Å². The van der Waals surface area contributed by atoms with Crippen molar-refractivity contribution in [3.05, 3.63) is 16.7 Å². The van der Waals surface area contributed by atoms with Crippen molar-refractivity contribution in [2.45, 2.75) is 12.8 Å². The summed E-state index contributed by atoms with van der Waals surface area (Å²) in [5.41, 5.74) is 5.64. The average molecular weight is 270 g/mol. The van der Waals surface area contributed by atoms with Crippen LogP contribution in [0.1, 0.15) is 0 Å². The lowest BCUT2D eigenvalue weighted by Gasteiger charge is -2.12. The Kier molecular flexibility index (Phi) is 3.76. The number of halogens is 1. The molecule has 0 saturated heterocycles. The Labute approximate surface area is 107 Å².